The van der Waals surface area contributed by atoms with Gasteiger partial charge in [-0.3, -0.25) is 0 Å². The molecule has 0 aliphatic carbocycles. The molecule has 1 aromatic heterocycles. The Balaban J connectivity index is 1.75. The Morgan fingerprint density at radius 1 is 1.08 bits per heavy atom. The largest absolute Gasteiger partial charge is 0.497 e. The minimum atomic E-state index is -0.490. The van der Waals surface area contributed by atoms with E-state index in [9.17, 15) is 4.79 Å². The molecule has 122 valence electrons. The van der Waals surface area contributed by atoms with Gasteiger partial charge in [0, 0.05) is 0 Å². The Hall–Kier alpha value is -3.15. The number of methoxy groups -OCH3 is 1. The number of ether oxygens (including phenoxy) is 2. The summed E-state index contributed by atoms with van der Waals surface area (Å²) < 4.78 is 12.0. The van der Waals surface area contributed by atoms with Crippen LogP contribution in [0.5, 0.6) is 5.75 Å². The maximum absolute atomic E-state index is 12.2. The topological polar surface area (TPSA) is 66.2 Å². The molecule has 0 unspecified atom stereocenters. The zero-order valence-corrected chi connectivity index (χ0v) is 13.5. The van der Waals surface area contributed by atoms with Gasteiger partial charge in [0.05, 0.1) is 18.5 Å². The lowest BCUT2D eigenvalue weighted by Gasteiger charge is -2.06. The molecule has 0 bridgehead atoms. The summed E-state index contributed by atoms with van der Waals surface area (Å²) >= 11 is 0. The highest BCUT2D eigenvalue weighted by atomic mass is 16.5. The van der Waals surface area contributed by atoms with Crippen LogP contribution in [0.1, 0.15) is 21.7 Å². The number of hydrogen-bond donors (Lipinski definition) is 0. The molecule has 0 saturated heterocycles. The number of carbonyl (C=O) groups is 1. The number of carbonyl (C=O) groups excluding carboxylic acids is 1. The second kappa shape index (κ2) is 6.95. The van der Waals surface area contributed by atoms with Crippen molar-refractivity contribution in [3.63, 3.8) is 0 Å². The highest BCUT2D eigenvalue weighted by molar-refractivity contribution is 5.88. The summed E-state index contributed by atoms with van der Waals surface area (Å²) in [6.45, 7) is 1.98. The summed E-state index contributed by atoms with van der Waals surface area (Å²) in [6.07, 6.45) is 0. The molecule has 0 fully saturated rings. The van der Waals surface area contributed by atoms with E-state index in [4.69, 9.17) is 9.47 Å². The van der Waals surface area contributed by atoms with Gasteiger partial charge in [0.1, 0.15) is 12.4 Å². The van der Waals surface area contributed by atoms with Gasteiger partial charge in [0.25, 0.3) is 0 Å². The van der Waals surface area contributed by atoms with Gasteiger partial charge >= 0.3 is 5.97 Å². The van der Waals surface area contributed by atoms with Crippen LogP contribution in [0.15, 0.2) is 54.6 Å². The van der Waals surface area contributed by atoms with Gasteiger partial charge in [-0.25, -0.2) is 9.48 Å². The average Bonchev–Trinajstić information content (AvgIpc) is 3.02. The third-order valence-electron chi connectivity index (χ3n) is 3.62. The first-order valence-corrected chi connectivity index (χ1v) is 7.47. The van der Waals surface area contributed by atoms with Crippen LogP contribution in [0.4, 0.5) is 0 Å². The summed E-state index contributed by atoms with van der Waals surface area (Å²) in [6, 6.07) is 16.8. The minimum absolute atomic E-state index is 0.203. The molecular formula is C18H17N3O3. The molecule has 0 saturated carbocycles. The summed E-state index contributed by atoms with van der Waals surface area (Å²) in [5.41, 5.74) is 2.55. The van der Waals surface area contributed by atoms with E-state index in [-0.39, 0.29) is 12.3 Å². The van der Waals surface area contributed by atoms with Crippen molar-refractivity contribution >= 4 is 5.97 Å². The number of aromatic nitrogens is 3. The molecular weight excluding hydrogens is 306 g/mol. The van der Waals surface area contributed by atoms with Crippen molar-refractivity contribution in [3.05, 3.63) is 71.5 Å². The normalized spacial score (nSPS) is 10.4. The molecule has 24 heavy (non-hydrogen) atoms. The summed E-state index contributed by atoms with van der Waals surface area (Å²) in [5, 5.41) is 8.00. The van der Waals surface area contributed by atoms with Gasteiger partial charge in [0.2, 0.25) is 0 Å². The van der Waals surface area contributed by atoms with Gasteiger partial charge in [-0.15, -0.1) is 5.10 Å². The SMILES string of the molecule is COc1ccc(-n2nnc(C(=O)OCc3ccccc3)c2C)cc1. The van der Waals surface area contributed by atoms with Crippen molar-refractivity contribution in [3.8, 4) is 11.4 Å². The van der Waals surface area contributed by atoms with Gasteiger partial charge in [-0.2, -0.15) is 0 Å². The Kier molecular flexibility index (Phi) is 4.56. The third kappa shape index (κ3) is 3.27. The van der Waals surface area contributed by atoms with Crippen LogP contribution in [-0.4, -0.2) is 28.1 Å². The predicted molar refractivity (Wildman–Crippen MR) is 88.2 cm³/mol. The maximum atomic E-state index is 12.2. The summed E-state index contributed by atoms with van der Waals surface area (Å²) in [5.74, 6) is 0.259. The van der Waals surface area contributed by atoms with Crippen LogP contribution >= 0.6 is 0 Å². The van der Waals surface area contributed by atoms with E-state index in [1.807, 2.05) is 54.6 Å². The first-order valence-electron chi connectivity index (χ1n) is 7.47. The molecule has 2 aromatic carbocycles. The first kappa shape index (κ1) is 15.7. The lowest BCUT2D eigenvalue weighted by molar-refractivity contribution is 0.0464. The molecule has 0 spiro atoms. The van der Waals surface area contributed by atoms with Crippen molar-refractivity contribution in [2.24, 2.45) is 0 Å². The molecule has 1 heterocycles. The van der Waals surface area contributed by atoms with Gasteiger partial charge < -0.3 is 9.47 Å². The number of rotatable bonds is 5. The summed E-state index contributed by atoms with van der Waals surface area (Å²) in [4.78, 5) is 12.2. The van der Waals surface area contributed by atoms with Crippen molar-refractivity contribution < 1.29 is 14.3 Å². The molecule has 0 amide bonds. The first-order chi connectivity index (χ1) is 11.7. The fourth-order valence-electron chi connectivity index (χ4n) is 2.28. The zero-order chi connectivity index (χ0) is 16.9. The maximum Gasteiger partial charge on any atom is 0.361 e. The number of esters is 1. The highest BCUT2D eigenvalue weighted by Gasteiger charge is 2.18. The van der Waals surface area contributed by atoms with Gasteiger partial charge in [-0.1, -0.05) is 35.5 Å². The van der Waals surface area contributed by atoms with Crippen molar-refractivity contribution in [2.45, 2.75) is 13.5 Å². The summed E-state index contributed by atoms with van der Waals surface area (Å²) in [7, 11) is 1.61. The Bertz CT molecular complexity index is 826. The van der Waals surface area contributed by atoms with Crippen molar-refractivity contribution in [1.29, 1.82) is 0 Å². The van der Waals surface area contributed by atoms with Crippen molar-refractivity contribution in [2.75, 3.05) is 7.11 Å². The van der Waals surface area contributed by atoms with Gasteiger partial charge in [0.15, 0.2) is 5.69 Å². The fourth-order valence-corrected chi connectivity index (χ4v) is 2.28. The zero-order valence-electron chi connectivity index (χ0n) is 13.5. The van der Waals surface area contributed by atoms with Crippen LogP contribution in [0.25, 0.3) is 5.69 Å². The second-order valence-electron chi connectivity index (χ2n) is 5.20. The average molecular weight is 323 g/mol. The highest BCUT2D eigenvalue weighted by Crippen LogP contribution is 2.17. The Morgan fingerprint density at radius 3 is 2.46 bits per heavy atom. The van der Waals surface area contributed by atoms with E-state index in [0.29, 0.717) is 5.69 Å². The Labute approximate surface area is 139 Å². The van der Waals surface area contributed by atoms with Crippen LogP contribution < -0.4 is 4.74 Å². The standard InChI is InChI=1S/C18H17N3O3/c1-13-17(18(22)24-12-14-6-4-3-5-7-14)19-20-21(13)15-8-10-16(23-2)11-9-15/h3-11H,12H2,1-2H3. The molecule has 3 rings (SSSR count). The predicted octanol–water partition coefficient (Wildman–Crippen LogP) is 2.94. The molecule has 3 aromatic rings. The lowest BCUT2D eigenvalue weighted by Crippen LogP contribution is -2.08. The van der Waals surface area contributed by atoms with E-state index in [1.54, 1.807) is 18.7 Å². The smallest absolute Gasteiger partial charge is 0.361 e. The lowest BCUT2D eigenvalue weighted by atomic mass is 10.2. The van der Waals surface area contributed by atoms with Crippen LogP contribution in [0.2, 0.25) is 0 Å². The van der Waals surface area contributed by atoms with Crippen LogP contribution in [-0.2, 0) is 11.3 Å². The molecule has 6 nitrogen and oxygen atoms in total. The van der Waals surface area contributed by atoms with E-state index >= 15 is 0 Å². The molecule has 0 radical (unpaired) electrons. The van der Waals surface area contributed by atoms with Crippen LogP contribution in [0.3, 0.4) is 0 Å². The van der Waals surface area contributed by atoms with Crippen LogP contribution in [0, 0.1) is 6.92 Å². The second-order valence-corrected chi connectivity index (χ2v) is 5.20. The number of nitrogens with zero attached hydrogens (tertiary/aromatic N) is 3. The molecule has 0 atom stereocenters. The molecule has 0 aliphatic heterocycles. The number of benzene rings is 2. The quantitative estimate of drug-likeness (QED) is 0.675. The van der Waals surface area contributed by atoms with E-state index in [1.165, 1.54) is 0 Å². The molecule has 6 heteroatoms. The Morgan fingerprint density at radius 2 is 1.79 bits per heavy atom. The fraction of sp³-hybridized carbons (Fsp3) is 0.167. The monoisotopic (exact) mass is 323 g/mol. The molecule has 0 aliphatic rings. The number of hydrogen-bond acceptors (Lipinski definition) is 5. The van der Waals surface area contributed by atoms with E-state index < -0.39 is 5.97 Å². The van der Waals surface area contributed by atoms with Crippen molar-refractivity contribution in [1.82, 2.24) is 15.0 Å². The van der Waals surface area contributed by atoms with E-state index in [0.717, 1.165) is 17.0 Å². The third-order valence-corrected chi connectivity index (χ3v) is 3.62. The molecule has 0 N–H and O–H groups in total. The van der Waals surface area contributed by atoms with E-state index in [2.05, 4.69) is 10.3 Å². The minimum Gasteiger partial charge on any atom is -0.497 e. The van der Waals surface area contributed by atoms with Gasteiger partial charge in [-0.05, 0) is 36.8 Å².